The zero-order valence-electron chi connectivity index (χ0n) is 21.9. The average molecular weight is 501 g/mol. The predicted octanol–water partition coefficient (Wildman–Crippen LogP) is 1.56. The van der Waals surface area contributed by atoms with Crippen LogP contribution in [0.5, 0.6) is 0 Å². The van der Waals surface area contributed by atoms with Crippen LogP contribution in [0.25, 0.3) is 0 Å². The summed E-state index contributed by atoms with van der Waals surface area (Å²) in [6.07, 6.45) is 1.07. The largest absolute Gasteiger partial charge is 0.377 e. The number of carbonyl (C=O) groups excluding carboxylic acids is 3. The van der Waals surface area contributed by atoms with Gasteiger partial charge >= 0.3 is 0 Å². The molecule has 3 heterocycles. The second kappa shape index (κ2) is 11.7. The molecule has 4 rings (SSSR count). The lowest BCUT2D eigenvalue weighted by molar-refractivity contribution is -0.139. The highest BCUT2D eigenvalue weighted by Crippen LogP contribution is 2.30. The van der Waals surface area contributed by atoms with Crippen molar-refractivity contribution in [1.82, 2.24) is 15.1 Å². The summed E-state index contributed by atoms with van der Waals surface area (Å²) in [5.41, 5.74) is 1.62. The minimum atomic E-state index is -0.738. The van der Waals surface area contributed by atoms with Gasteiger partial charge < -0.3 is 24.6 Å². The summed E-state index contributed by atoms with van der Waals surface area (Å²) in [4.78, 5) is 45.7. The number of amides is 2. The van der Waals surface area contributed by atoms with Crippen molar-refractivity contribution < 1.29 is 23.9 Å². The summed E-state index contributed by atoms with van der Waals surface area (Å²) >= 11 is 0. The maximum absolute atomic E-state index is 13.6. The van der Waals surface area contributed by atoms with Crippen molar-refractivity contribution in [2.45, 2.75) is 57.9 Å². The number of carbonyl (C=O) groups is 3. The Labute approximate surface area is 214 Å². The maximum atomic E-state index is 13.6. The minimum absolute atomic E-state index is 0.0146. The average Bonchev–Trinajstić information content (AvgIpc) is 3.47. The normalized spacial score (nSPS) is 26.1. The molecule has 2 amide bonds. The van der Waals surface area contributed by atoms with Crippen molar-refractivity contribution in [3.05, 3.63) is 29.8 Å². The quantitative estimate of drug-likeness (QED) is 0.550. The van der Waals surface area contributed by atoms with Crippen LogP contribution in [0.4, 0.5) is 5.69 Å². The highest BCUT2D eigenvalue weighted by molar-refractivity contribution is 5.99. The molecule has 1 N–H and O–H groups in total. The Hall–Kier alpha value is -2.49. The Bertz CT molecular complexity index is 931. The van der Waals surface area contributed by atoms with Gasteiger partial charge in [-0.2, -0.15) is 0 Å². The SMILES string of the molecule is CCCN1CCN(c2ccc(C(=O)N[C@H](C(=O)N3C[C@@H](OC)[C@H]4OCC(=O)[C@H]43)[C@@H](C)CC)cc2)CC1. The number of ketones is 1. The number of likely N-dealkylation sites (tertiary alicyclic amines) is 1. The van der Waals surface area contributed by atoms with Crippen molar-refractivity contribution in [2.24, 2.45) is 5.92 Å². The number of rotatable bonds is 9. The molecule has 3 saturated heterocycles. The smallest absolute Gasteiger partial charge is 0.251 e. The van der Waals surface area contributed by atoms with Crippen LogP contribution in [0.1, 0.15) is 44.0 Å². The summed E-state index contributed by atoms with van der Waals surface area (Å²) in [5.74, 6) is -0.764. The Morgan fingerprint density at radius 3 is 2.44 bits per heavy atom. The molecular formula is C27H40N4O5. The molecule has 1 aromatic rings. The standard InChI is InChI=1S/C27H40N4O5/c1-5-11-29-12-14-30(15-13-29)20-9-7-19(8-10-20)26(33)28-23(18(3)6-2)27(34)31-16-22(35-4)25-24(31)21(32)17-36-25/h7-10,18,22-25H,5-6,11-17H2,1-4H3,(H,28,33)/t18-,22+,23-,24+,25+/m0/s1. The summed E-state index contributed by atoms with van der Waals surface area (Å²) in [7, 11) is 1.56. The molecule has 0 aromatic heterocycles. The molecule has 0 spiro atoms. The van der Waals surface area contributed by atoms with Gasteiger partial charge in [-0.15, -0.1) is 0 Å². The van der Waals surface area contributed by atoms with E-state index in [-0.39, 0.29) is 42.8 Å². The second-order valence-electron chi connectivity index (χ2n) is 10.2. The van der Waals surface area contributed by atoms with E-state index in [4.69, 9.17) is 9.47 Å². The Kier molecular flexibility index (Phi) is 8.64. The zero-order chi connectivity index (χ0) is 25.8. The van der Waals surface area contributed by atoms with Crippen LogP contribution in [0.15, 0.2) is 24.3 Å². The van der Waals surface area contributed by atoms with E-state index in [1.54, 1.807) is 12.0 Å². The van der Waals surface area contributed by atoms with Crippen LogP contribution in [0.3, 0.4) is 0 Å². The highest BCUT2D eigenvalue weighted by Gasteiger charge is 2.53. The summed E-state index contributed by atoms with van der Waals surface area (Å²) in [6.45, 7) is 11.6. The van der Waals surface area contributed by atoms with Crippen molar-refractivity contribution in [3.8, 4) is 0 Å². The number of fused-ring (bicyclic) bond motifs is 1. The van der Waals surface area contributed by atoms with Gasteiger partial charge in [0.1, 0.15) is 30.9 Å². The maximum Gasteiger partial charge on any atom is 0.251 e. The molecule has 3 fully saturated rings. The van der Waals surface area contributed by atoms with Crippen LogP contribution in [0, 0.1) is 5.92 Å². The molecule has 36 heavy (non-hydrogen) atoms. The molecule has 0 aliphatic carbocycles. The number of nitrogens with one attached hydrogen (secondary N) is 1. The molecule has 0 unspecified atom stereocenters. The first-order valence-electron chi connectivity index (χ1n) is 13.2. The van der Waals surface area contributed by atoms with Crippen molar-refractivity contribution >= 4 is 23.3 Å². The van der Waals surface area contributed by atoms with Gasteiger partial charge in [-0.25, -0.2) is 0 Å². The lowest BCUT2D eigenvalue weighted by atomic mass is 9.96. The topological polar surface area (TPSA) is 91.4 Å². The van der Waals surface area contributed by atoms with Crippen molar-refractivity contribution in [3.63, 3.8) is 0 Å². The monoisotopic (exact) mass is 500 g/mol. The fourth-order valence-electron chi connectivity index (χ4n) is 5.50. The molecule has 0 saturated carbocycles. The van der Waals surface area contributed by atoms with Gasteiger partial charge in [0.15, 0.2) is 5.78 Å². The lowest BCUT2D eigenvalue weighted by Crippen LogP contribution is -2.54. The fraction of sp³-hybridized carbons (Fsp3) is 0.667. The number of nitrogens with zero attached hydrogens (tertiary/aromatic N) is 3. The number of ether oxygens (including phenoxy) is 2. The van der Waals surface area contributed by atoms with Crippen molar-refractivity contribution in [2.75, 3.05) is 57.9 Å². The van der Waals surface area contributed by atoms with E-state index in [0.29, 0.717) is 12.0 Å². The van der Waals surface area contributed by atoms with Crippen LogP contribution in [-0.2, 0) is 19.1 Å². The van der Waals surface area contributed by atoms with Crippen molar-refractivity contribution in [1.29, 1.82) is 0 Å². The second-order valence-corrected chi connectivity index (χ2v) is 10.2. The lowest BCUT2D eigenvalue weighted by Gasteiger charge is -2.36. The van der Waals surface area contributed by atoms with Gasteiger partial charge in [0.2, 0.25) is 5.91 Å². The van der Waals surface area contributed by atoms with E-state index >= 15 is 0 Å². The number of anilines is 1. The van der Waals surface area contributed by atoms with Crippen LogP contribution in [0.2, 0.25) is 0 Å². The van der Waals surface area contributed by atoms with E-state index in [9.17, 15) is 14.4 Å². The minimum Gasteiger partial charge on any atom is -0.377 e. The van der Waals surface area contributed by atoms with Crippen LogP contribution in [-0.4, -0.2) is 105 Å². The number of hydrogen-bond acceptors (Lipinski definition) is 7. The summed E-state index contributed by atoms with van der Waals surface area (Å²) in [5, 5.41) is 2.96. The molecule has 5 atom stereocenters. The molecule has 9 heteroatoms. The van der Waals surface area contributed by atoms with E-state index in [1.807, 2.05) is 38.1 Å². The fourth-order valence-corrected chi connectivity index (χ4v) is 5.50. The number of benzene rings is 1. The van der Waals surface area contributed by atoms with E-state index in [2.05, 4.69) is 22.0 Å². The molecule has 3 aliphatic heterocycles. The Morgan fingerprint density at radius 1 is 1.14 bits per heavy atom. The van der Waals surface area contributed by atoms with Crippen LogP contribution < -0.4 is 10.2 Å². The van der Waals surface area contributed by atoms with E-state index < -0.39 is 18.2 Å². The first-order chi connectivity index (χ1) is 17.4. The van der Waals surface area contributed by atoms with Gasteiger partial charge in [-0.1, -0.05) is 27.2 Å². The zero-order valence-corrected chi connectivity index (χ0v) is 21.9. The molecular weight excluding hydrogens is 460 g/mol. The Balaban J connectivity index is 1.42. The van der Waals surface area contributed by atoms with Gasteiger partial charge in [0.05, 0.1) is 6.54 Å². The van der Waals surface area contributed by atoms with Gasteiger partial charge in [-0.3, -0.25) is 19.3 Å². The van der Waals surface area contributed by atoms with Gasteiger partial charge in [0, 0.05) is 44.5 Å². The van der Waals surface area contributed by atoms with E-state index in [0.717, 1.165) is 38.4 Å². The number of methoxy groups -OCH3 is 1. The molecule has 9 nitrogen and oxygen atoms in total. The Morgan fingerprint density at radius 2 is 1.83 bits per heavy atom. The third kappa shape index (κ3) is 5.43. The summed E-state index contributed by atoms with van der Waals surface area (Å²) in [6, 6.07) is 6.21. The third-order valence-corrected chi connectivity index (χ3v) is 7.90. The molecule has 1 aromatic carbocycles. The highest BCUT2D eigenvalue weighted by atomic mass is 16.5. The first kappa shape index (κ1) is 26.6. The first-order valence-corrected chi connectivity index (χ1v) is 13.2. The van der Waals surface area contributed by atoms with Crippen LogP contribution >= 0.6 is 0 Å². The number of Topliss-reactive ketones (excluding diaryl/α,β-unsaturated/α-hetero) is 1. The molecule has 0 radical (unpaired) electrons. The third-order valence-electron chi connectivity index (χ3n) is 7.90. The molecule has 0 bridgehead atoms. The molecule has 3 aliphatic rings. The molecule has 198 valence electrons. The number of hydrogen-bond donors (Lipinski definition) is 1. The van der Waals surface area contributed by atoms with E-state index in [1.165, 1.54) is 6.42 Å². The van der Waals surface area contributed by atoms with Gasteiger partial charge in [0.25, 0.3) is 5.91 Å². The summed E-state index contributed by atoms with van der Waals surface area (Å²) < 4.78 is 11.1. The predicted molar refractivity (Wildman–Crippen MR) is 137 cm³/mol. The number of piperazine rings is 1. The van der Waals surface area contributed by atoms with Gasteiger partial charge in [-0.05, 0) is 43.1 Å².